The number of likely N-dealkylation sites (tertiary alicyclic amines) is 1. The van der Waals surface area contributed by atoms with Gasteiger partial charge < -0.3 is 15.1 Å². The topological polar surface area (TPSA) is 90.8 Å². The smallest absolute Gasteiger partial charge is 0.251 e. The van der Waals surface area contributed by atoms with Gasteiger partial charge in [-0.25, -0.2) is 12.8 Å². The van der Waals surface area contributed by atoms with Gasteiger partial charge in [-0.2, -0.15) is 9.40 Å². The molecule has 12 heteroatoms. The van der Waals surface area contributed by atoms with E-state index in [1.807, 2.05) is 49.4 Å². The van der Waals surface area contributed by atoms with Crippen molar-refractivity contribution >= 4 is 33.2 Å². The monoisotopic (exact) mass is 718 g/mol. The summed E-state index contributed by atoms with van der Waals surface area (Å²) in [5.41, 5.74) is 7.73. The number of fused-ring (bicyclic) bond motifs is 2. The van der Waals surface area contributed by atoms with Crippen LogP contribution in [-0.2, 0) is 36.0 Å². The van der Waals surface area contributed by atoms with Gasteiger partial charge in [-0.1, -0.05) is 29.8 Å². The molecule has 0 saturated carbocycles. The van der Waals surface area contributed by atoms with Crippen LogP contribution in [0.4, 0.5) is 10.1 Å². The minimum Gasteiger partial charge on any atom is -0.369 e. The summed E-state index contributed by atoms with van der Waals surface area (Å²) < 4.78 is 42.5. The number of carbonyl (C=O) groups excluding carboxylic acids is 1. The second-order valence-electron chi connectivity index (χ2n) is 13.9. The Morgan fingerprint density at radius 2 is 1.80 bits per heavy atom. The summed E-state index contributed by atoms with van der Waals surface area (Å²) in [6.07, 6.45) is 6.15. The third kappa shape index (κ3) is 7.46. The highest BCUT2D eigenvalue weighted by atomic mass is 35.5. The predicted octanol–water partition coefficient (Wildman–Crippen LogP) is 5.99. The average molecular weight is 719 g/mol. The van der Waals surface area contributed by atoms with E-state index in [1.165, 1.54) is 29.5 Å². The molecule has 1 N–H and O–H groups in total. The molecule has 1 saturated heterocycles. The maximum absolute atomic E-state index is 13.7. The van der Waals surface area contributed by atoms with Crippen LogP contribution in [0.1, 0.15) is 53.4 Å². The number of sulfonamides is 1. The Morgan fingerprint density at radius 3 is 2.60 bits per heavy atom. The van der Waals surface area contributed by atoms with Gasteiger partial charge in [0, 0.05) is 83.8 Å². The van der Waals surface area contributed by atoms with E-state index >= 15 is 0 Å². The zero-order valence-corrected chi connectivity index (χ0v) is 30.2. The highest BCUT2D eigenvalue weighted by Gasteiger charge is 2.30. The second-order valence-corrected chi connectivity index (χ2v) is 16.3. The van der Waals surface area contributed by atoms with Crippen LogP contribution in [0.5, 0.6) is 0 Å². The highest BCUT2D eigenvalue weighted by molar-refractivity contribution is 7.88. The van der Waals surface area contributed by atoms with Gasteiger partial charge in [-0.15, -0.1) is 0 Å². The molecule has 0 spiro atoms. The number of benzene rings is 3. The van der Waals surface area contributed by atoms with Crippen LogP contribution in [0.2, 0.25) is 5.02 Å². The fraction of sp³-hybridized carbons (Fsp3) is 0.421. The second kappa shape index (κ2) is 14.5. The van der Waals surface area contributed by atoms with E-state index in [0.717, 1.165) is 90.5 Å². The maximum Gasteiger partial charge on any atom is 0.251 e. The number of carbonyl (C=O) groups is 1. The lowest BCUT2D eigenvalue weighted by molar-refractivity contribution is 0.0941. The number of nitrogens with one attached hydrogen (secondary N) is 1. The van der Waals surface area contributed by atoms with Gasteiger partial charge in [0.15, 0.2) is 0 Å². The number of hydrogen-bond donors (Lipinski definition) is 1. The van der Waals surface area contributed by atoms with E-state index in [-0.39, 0.29) is 24.3 Å². The van der Waals surface area contributed by atoms with E-state index in [2.05, 4.69) is 19.8 Å². The van der Waals surface area contributed by atoms with Crippen molar-refractivity contribution in [3.63, 3.8) is 0 Å². The Labute approximate surface area is 299 Å². The fourth-order valence-electron chi connectivity index (χ4n) is 7.65. The Hall–Kier alpha value is -3.77. The fourth-order valence-corrected chi connectivity index (χ4v) is 8.66. The molecule has 3 aromatic carbocycles. The minimum absolute atomic E-state index is 0.141. The molecule has 1 fully saturated rings. The molecular weight excluding hydrogens is 675 g/mol. The van der Waals surface area contributed by atoms with Crippen LogP contribution in [0.25, 0.3) is 22.4 Å². The van der Waals surface area contributed by atoms with Gasteiger partial charge in [0.1, 0.15) is 5.82 Å². The highest BCUT2D eigenvalue weighted by Crippen LogP contribution is 2.37. The number of rotatable bonds is 11. The molecule has 4 aromatic rings. The van der Waals surface area contributed by atoms with Crippen LogP contribution in [0.3, 0.4) is 0 Å². The number of amides is 1. The standard InChI is InChI=1S/C38H44ClFN6O3S/c1-26(24-44-19-13-28-22-31(40)10-12-35(28)44)41-38(47)30-8-5-7-27(21-30)32-23-29(9-11-34(32)39)37-33-25-45(50(2,48)49)20-14-36(33)46(42-37)18-6-17-43-15-3-4-16-43/h5,7-12,21-23,26H,3-4,6,13-20,24-25H2,1-2H3,(H,41,47). The zero-order valence-electron chi connectivity index (χ0n) is 28.7. The molecule has 0 aliphatic carbocycles. The summed E-state index contributed by atoms with van der Waals surface area (Å²) in [6, 6.07) is 17.9. The Balaban J connectivity index is 1.11. The lowest BCUT2D eigenvalue weighted by atomic mass is 9.97. The quantitative estimate of drug-likeness (QED) is 0.205. The average Bonchev–Trinajstić information content (AvgIpc) is 3.84. The molecule has 50 heavy (non-hydrogen) atoms. The number of nitrogens with zero attached hydrogens (tertiary/aromatic N) is 5. The first kappa shape index (κ1) is 34.7. The van der Waals surface area contributed by atoms with Crippen LogP contribution in [0.15, 0.2) is 60.7 Å². The van der Waals surface area contributed by atoms with E-state index in [9.17, 15) is 17.6 Å². The van der Waals surface area contributed by atoms with Crippen LogP contribution < -0.4 is 10.2 Å². The lowest BCUT2D eigenvalue weighted by Crippen LogP contribution is -2.41. The van der Waals surface area contributed by atoms with Crippen molar-refractivity contribution in [2.45, 2.75) is 58.2 Å². The SMILES string of the molecule is CC(CN1CCc2cc(F)ccc21)NC(=O)c1cccc(-c2cc(-c3nn(CCCN4CCCC4)c4c3CN(S(C)(=O)=O)CC4)ccc2Cl)c1. The first-order valence-corrected chi connectivity index (χ1v) is 19.8. The van der Waals surface area contributed by atoms with Crippen LogP contribution in [-0.4, -0.2) is 84.9 Å². The van der Waals surface area contributed by atoms with Gasteiger partial charge in [-0.3, -0.25) is 9.48 Å². The molecule has 3 aliphatic rings. The molecule has 9 nitrogen and oxygen atoms in total. The van der Waals surface area contributed by atoms with Gasteiger partial charge >= 0.3 is 0 Å². The Kier molecular flexibility index (Phi) is 10.0. The maximum atomic E-state index is 13.7. The number of aryl methyl sites for hydroxylation is 1. The molecule has 0 radical (unpaired) electrons. The van der Waals surface area contributed by atoms with E-state index < -0.39 is 10.0 Å². The van der Waals surface area contributed by atoms with Crippen LogP contribution >= 0.6 is 11.6 Å². The van der Waals surface area contributed by atoms with Crippen molar-refractivity contribution in [3.8, 4) is 22.4 Å². The zero-order chi connectivity index (χ0) is 35.0. The van der Waals surface area contributed by atoms with E-state index in [0.29, 0.717) is 30.1 Å². The van der Waals surface area contributed by atoms with Crippen molar-refractivity contribution in [1.29, 1.82) is 0 Å². The largest absolute Gasteiger partial charge is 0.369 e. The number of hydrogen-bond acceptors (Lipinski definition) is 6. The molecule has 1 unspecified atom stereocenters. The molecular formula is C38H44ClFN6O3S. The van der Waals surface area contributed by atoms with Crippen molar-refractivity contribution in [2.24, 2.45) is 0 Å². The Bertz CT molecular complexity index is 2010. The summed E-state index contributed by atoms with van der Waals surface area (Å²) in [5, 5.41) is 8.76. The summed E-state index contributed by atoms with van der Waals surface area (Å²) in [4.78, 5) is 18.1. The molecule has 7 rings (SSSR count). The third-order valence-corrected chi connectivity index (χ3v) is 11.8. The molecule has 1 amide bonds. The van der Waals surface area contributed by atoms with Crippen molar-refractivity contribution in [3.05, 3.63) is 93.9 Å². The van der Waals surface area contributed by atoms with Gasteiger partial charge in [0.25, 0.3) is 5.91 Å². The molecule has 1 aromatic heterocycles. The molecule has 3 aliphatic heterocycles. The Morgan fingerprint density at radius 1 is 0.980 bits per heavy atom. The van der Waals surface area contributed by atoms with Crippen molar-refractivity contribution in [2.75, 3.05) is 50.4 Å². The molecule has 1 atom stereocenters. The van der Waals surface area contributed by atoms with E-state index in [4.69, 9.17) is 16.7 Å². The lowest BCUT2D eigenvalue weighted by Gasteiger charge is -2.26. The van der Waals surface area contributed by atoms with Crippen molar-refractivity contribution in [1.82, 2.24) is 24.3 Å². The first-order valence-electron chi connectivity index (χ1n) is 17.5. The first-order chi connectivity index (χ1) is 24.0. The molecule has 0 bridgehead atoms. The summed E-state index contributed by atoms with van der Waals surface area (Å²) in [7, 11) is -3.37. The summed E-state index contributed by atoms with van der Waals surface area (Å²) in [5.74, 6) is -0.416. The van der Waals surface area contributed by atoms with Crippen molar-refractivity contribution < 1.29 is 17.6 Å². The predicted molar refractivity (Wildman–Crippen MR) is 197 cm³/mol. The number of halogens is 2. The number of anilines is 1. The normalized spacial score (nSPS) is 17.2. The molecule has 264 valence electrons. The summed E-state index contributed by atoms with van der Waals surface area (Å²) in [6.45, 7) is 8.20. The van der Waals surface area contributed by atoms with Gasteiger partial charge in [0.2, 0.25) is 10.0 Å². The number of aromatic nitrogens is 2. The van der Waals surface area contributed by atoms with Gasteiger partial charge in [-0.05, 0) is 106 Å². The minimum atomic E-state index is -3.37. The van der Waals surface area contributed by atoms with E-state index in [1.54, 1.807) is 12.1 Å². The third-order valence-electron chi connectivity index (χ3n) is 10.2. The van der Waals surface area contributed by atoms with Gasteiger partial charge in [0.05, 0.1) is 11.9 Å². The van der Waals surface area contributed by atoms with Crippen LogP contribution in [0, 0.1) is 5.82 Å². The molecule has 4 heterocycles. The summed E-state index contributed by atoms with van der Waals surface area (Å²) >= 11 is 6.80.